The quantitative estimate of drug-likeness (QED) is 0.741. The molecule has 0 unspecified atom stereocenters. The van der Waals surface area contributed by atoms with Crippen LogP contribution in [0.3, 0.4) is 0 Å². The summed E-state index contributed by atoms with van der Waals surface area (Å²) in [5, 5.41) is 2.85. The summed E-state index contributed by atoms with van der Waals surface area (Å²) in [6.45, 7) is 3.80. The summed E-state index contributed by atoms with van der Waals surface area (Å²) >= 11 is 6.03. The largest absolute Gasteiger partial charge is 0.450 e. The van der Waals surface area contributed by atoms with Crippen LogP contribution >= 0.6 is 11.6 Å². The van der Waals surface area contributed by atoms with Crippen molar-refractivity contribution in [2.75, 3.05) is 48.7 Å². The van der Waals surface area contributed by atoms with Gasteiger partial charge in [0.15, 0.2) is 11.6 Å². The van der Waals surface area contributed by atoms with E-state index in [0.717, 1.165) is 18.2 Å². The molecule has 0 radical (unpaired) electrons. The molecule has 1 aliphatic rings. The Bertz CT molecular complexity index is 919. The second-order valence-corrected chi connectivity index (χ2v) is 6.86. The molecular weight excluding hydrogens is 425 g/mol. The van der Waals surface area contributed by atoms with Crippen LogP contribution in [0.25, 0.3) is 0 Å². The summed E-state index contributed by atoms with van der Waals surface area (Å²) in [5.74, 6) is 0.549. The van der Waals surface area contributed by atoms with E-state index in [2.05, 4.69) is 15.3 Å². The van der Waals surface area contributed by atoms with E-state index in [-0.39, 0.29) is 28.3 Å². The number of nitrogens with zero attached hydrogens (tertiary/aromatic N) is 4. The maximum atomic E-state index is 13.0. The molecule has 0 atom stereocenters. The van der Waals surface area contributed by atoms with Gasteiger partial charge in [-0.1, -0.05) is 11.6 Å². The lowest BCUT2D eigenvalue weighted by Crippen LogP contribution is -2.49. The van der Waals surface area contributed by atoms with Gasteiger partial charge in [0.05, 0.1) is 22.9 Å². The molecule has 0 saturated carbocycles. The molecule has 3 rings (SSSR count). The molecule has 2 aromatic rings. The highest BCUT2D eigenvalue weighted by molar-refractivity contribution is 6.33. The molecule has 1 aromatic heterocycles. The first kappa shape index (κ1) is 21.8. The third-order valence-corrected chi connectivity index (χ3v) is 4.84. The topological polar surface area (TPSA) is 96.6 Å². The van der Waals surface area contributed by atoms with Crippen LogP contribution in [0.2, 0.25) is 5.02 Å². The highest BCUT2D eigenvalue weighted by Gasteiger charge is 2.31. The Kier molecular flexibility index (Phi) is 6.40. The van der Waals surface area contributed by atoms with Crippen LogP contribution in [0.4, 0.5) is 41.0 Å². The van der Waals surface area contributed by atoms with Crippen molar-refractivity contribution >= 4 is 40.7 Å². The van der Waals surface area contributed by atoms with Crippen molar-refractivity contribution in [3.05, 3.63) is 35.1 Å². The van der Waals surface area contributed by atoms with E-state index >= 15 is 0 Å². The van der Waals surface area contributed by atoms with Gasteiger partial charge in [0.2, 0.25) is 0 Å². The van der Waals surface area contributed by atoms with Crippen molar-refractivity contribution in [3.8, 4) is 0 Å². The number of benzene rings is 1. The molecule has 2 heterocycles. The Hall–Kier alpha value is -2.95. The number of alkyl halides is 3. The molecule has 1 aromatic carbocycles. The molecule has 1 saturated heterocycles. The van der Waals surface area contributed by atoms with Crippen molar-refractivity contribution in [3.63, 3.8) is 0 Å². The molecule has 8 nitrogen and oxygen atoms in total. The minimum absolute atomic E-state index is 0.0231. The van der Waals surface area contributed by atoms with Gasteiger partial charge in [-0.25, -0.2) is 14.8 Å². The van der Waals surface area contributed by atoms with Gasteiger partial charge in [0.25, 0.3) is 0 Å². The number of hydrogen-bond acceptors (Lipinski definition) is 7. The van der Waals surface area contributed by atoms with Crippen molar-refractivity contribution in [2.24, 2.45) is 0 Å². The number of aromatic nitrogens is 2. The summed E-state index contributed by atoms with van der Waals surface area (Å²) < 4.78 is 44.0. The van der Waals surface area contributed by atoms with Gasteiger partial charge < -0.3 is 25.6 Å². The van der Waals surface area contributed by atoms with Gasteiger partial charge in [-0.15, -0.1) is 0 Å². The van der Waals surface area contributed by atoms with E-state index in [1.807, 2.05) is 4.90 Å². The summed E-state index contributed by atoms with van der Waals surface area (Å²) in [5.41, 5.74) is 5.51. The molecule has 0 aliphatic carbocycles. The Morgan fingerprint density at radius 1 is 1.27 bits per heavy atom. The summed E-state index contributed by atoms with van der Waals surface area (Å²) in [6, 6.07) is 2.94. The summed E-state index contributed by atoms with van der Waals surface area (Å²) in [6.07, 6.45) is -3.63. The summed E-state index contributed by atoms with van der Waals surface area (Å²) in [7, 11) is 0. The fourth-order valence-electron chi connectivity index (χ4n) is 2.98. The number of nitrogens with two attached hydrogens (primary N) is 1. The van der Waals surface area contributed by atoms with E-state index in [1.165, 1.54) is 6.33 Å². The van der Waals surface area contributed by atoms with Gasteiger partial charge >= 0.3 is 12.3 Å². The fraction of sp³-hybridized carbons (Fsp3) is 0.389. The molecular formula is C18H20ClF3N6O2. The maximum Gasteiger partial charge on any atom is 0.416 e. The van der Waals surface area contributed by atoms with Gasteiger partial charge in [0, 0.05) is 26.2 Å². The molecule has 12 heteroatoms. The molecule has 0 bridgehead atoms. The Labute approximate surface area is 175 Å². The smallest absolute Gasteiger partial charge is 0.416 e. The van der Waals surface area contributed by atoms with E-state index in [9.17, 15) is 18.0 Å². The zero-order valence-corrected chi connectivity index (χ0v) is 16.8. The van der Waals surface area contributed by atoms with Crippen LogP contribution in [0, 0.1) is 0 Å². The number of amides is 1. The van der Waals surface area contributed by atoms with E-state index in [0.29, 0.717) is 38.6 Å². The van der Waals surface area contributed by atoms with Crippen LogP contribution in [-0.2, 0) is 10.9 Å². The zero-order valence-electron chi connectivity index (χ0n) is 16.0. The van der Waals surface area contributed by atoms with Crippen LogP contribution in [0.5, 0.6) is 0 Å². The molecule has 0 spiro atoms. The van der Waals surface area contributed by atoms with Gasteiger partial charge in [-0.2, -0.15) is 13.2 Å². The van der Waals surface area contributed by atoms with Crippen LogP contribution in [0.1, 0.15) is 12.5 Å². The molecule has 30 heavy (non-hydrogen) atoms. The number of nitrogens with one attached hydrogen (secondary N) is 1. The van der Waals surface area contributed by atoms with Crippen LogP contribution < -0.4 is 16.0 Å². The SMILES string of the molecule is CCOC(=O)N1CCN(c2ncnc(Nc3cc(C(F)(F)F)ccc3Cl)c2N)CC1. The maximum absolute atomic E-state index is 13.0. The predicted octanol–water partition coefficient (Wildman–Crippen LogP) is 3.75. The Balaban J connectivity index is 1.78. The van der Waals surface area contributed by atoms with E-state index in [4.69, 9.17) is 22.1 Å². The highest BCUT2D eigenvalue weighted by Crippen LogP contribution is 2.36. The number of nitrogen functional groups attached to an aromatic ring is 1. The molecule has 3 N–H and O–H groups in total. The second kappa shape index (κ2) is 8.82. The van der Waals surface area contributed by atoms with Crippen molar-refractivity contribution < 1.29 is 22.7 Å². The number of carbonyl (C=O) groups is 1. The average molecular weight is 445 g/mol. The fourth-order valence-corrected chi connectivity index (χ4v) is 3.14. The molecule has 162 valence electrons. The molecule has 1 amide bonds. The minimum atomic E-state index is -4.51. The number of hydrogen-bond donors (Lipinski definition) is 2. The number of piperazine rings is 1. The average Bonchev–Trinajstić information content (AvgIpc) is 2.70. The third-order valence-electron chi connectivity index (χ3n) is 4.51. The summed E-state index contributed by atoms with van der Waals surface area (Å²) in [4.78, 5) is 23.5. The number of anilines is 4. The lowest BCUT2D eigenvalue weighted by Gasteiger charge is -2.35. The van der Waals surface area contributed by atoms with E-state index < -0.39 is 11.7 Å². The van der Waals surface area contributed by atoms with E-state index in [1.54, 1.807) is 11.8 Å². The second-order valence-electron chi connectivity index (χ2n) is 6.45. The number of carbonyl (C=O) groups excluding carboxylic acids is 1. The first-order chi connectivity index (χ1) is 14.2. The highest BCUT2D eigenvalue weighted by atomic mass is 35.5. The van der Waals surface area contributed by atoms with Crippen molar-refractivity contribution in [1.29, 1.82) is 0 Å². The lowest BCUT2D eigenvalue weighted by molar-refractivity contribution is -0.137. The Morgan fingerprint density at radius 2 is 1.97 bits per heavy atom. The normalized spacial score (nSPS) is 14.6. The van der Waals surface area contributed by atoms with Crippen molar-refractivity contribution in [2.45, 2.75) is 13.1 Å². The lowest BCUT2D eigenvalue weighted by atomic mass is 10.2. The number of rotatable bonds is 4. The predicted molar refractivity (Wildman–Crippen MR) is 107 cm³/mol. The first-order valence-corrected chi connectivity index (χ1v) is 9.49. The molecule has 1 fully saturated rings. The first-order valence-electron chi connectivity index (χ1n) is 9.11. The third kappa shape index (κ3) is 4.78. The van der Waals surface area contributed by atoms with Gasteiger partial charge in [-0.05, 0) is 25.1 Å². The van der Waals surface area contributed by atoms with Gasteiger partial charge in [0.1, 0.15) is 12.0 Å². The van der Waals surface area contributed by atoms with Crippen LogP contribution in [0.15, 0.2) is 24.5 Å². The monoisotopic (exact) mass is 444 g/mol. The zero-order chi connectivity index (χ0) is 21.9. The standard InChI is InChI=1S/C18H20ClF3N6O2/c1-2-30-17(29)28-7-5-27(6-8-28)16-14(23)15(24-10-25-16)26-13-9-11(18(20,21)22)3-4-12(13)19/h3-4,9-10H,2,5-8,23H2,1H3,(H,24,25,26). The minimum Gasteiger partial charge on any atom is -0.450 e. The van der Waals surface area contributed by atoms with Crippen LogP contribution in [-0.4, -0.2) is 53.7 Å². The number of halogens is 4. The number of ether oxygens (including phenoxy) is 1. The van der Waals surface area contributed by atoms with Gasteiger partial charge in [-0.3, -0.25) is 0 Å². The van der Waals surface area contributed by atoms with Crippen molar-refractivity contribution in [1.82, 2.24) is 14.9 Å². The molecule has 1 aliphatic heterocycles. The Morgan fingerprint density at radius 3 is 2.60 bits per heavy atom.